The second-order valence-electron chi connectivity index (χ2n) is 19.7. The summed E-state index contributed by atoms with van der Waals surface area (Å²) in [4.78, 5) is 4.97. The number of benzene rings is 8. The predicted octanol–water partition coefficient (Wildman–Crippen LogP) is 16.7. The van der Waals surface area contributed by atoms with Gasteiger partial charge in [-0.25, -0.2) is 4.98 Å². The number of hydrogen-bond acceptors (Lipinski definition) is 2. The largest absolute Gasteiger partial charge is 0.503 e. The number of nitrogens with zero attached hydrogens (tertiary/aromatic N) is 4. The number of hydrogen-bond donors (Lipinski definition) is 0. The first-order valence-corrected chi connectivity index (χ1v) is 23.3. The SMILES string of the molecule is [2H]C([2H])([2H])c1cccc2c1[N+](c1c(-c3ccccc3)cccc1-c1ccccc1)=C=[N+]2c1cc(Oc2ccc3c4cc(-c5ccccc5)ccc4n(-c4cc(C(C)(C)C)ccn4)c3c2)cc(C(C)(C)C)c1. The first-order valence-electron chi connectivity index (χ1n) is 24.8. The van der Waals surface area contributed by atoms with Gasteiger partial charge in [0, 0.05) is 44.8 Å². The minimum atomic E-state index is -2.43. The van der Waals surface area contributed by atoms with Gasteiger partial charge < -0.3 is 4.74 Å². The van der Waals surface area contributed by atoms with Crippen molar-refractivity contribution >= 4 is 50.6 Å². The molecule has 0 spiro atoms. The van der Waals surface area contributed by atoms with E-state index in [1.165, 1.54) is 5.56 Å². The van der Waals surface area contributed by atoms with Crippen LogP contribution in [0.4, 0.5) is 22.7 Å². The molecule has 1 aliphatic rings. The smallest absolute Gasteiger partial charge is 0.457 e. The summed E-state index contributed by atoms with van der Waals surface area (Å²) in [6, 6.07) is 70.1. The van der Waals surface area contributed by atoms with Gasteiger partial charge in [0.05, 0.1) is 28.2 Å². The van der Waals surface area contributed by atoms with Gasteiger partial charge in [-0.2, -0.15) is 0 Å². The maximum atomic E-state index is 8.86. The zero-order valence-electron chi connectivity index (χ0n) is 42.2. The Morgan fingerprint density at radius 2 is 1.16 bits per heavy atom. The summed E-state index contributed by atoms with van der Waals surface area (Å²) in [5.74, 6) is 2.14. The lowest BCUT2D eigenvalue weighted by atomic mass is 9.86. The van der Waals surface area contributed by atoms with Crippen LogP contribution in [0.15, 0.2) is 200 Å². The molecule has 5 nitrogen and oxygen atoms in total. The summed E-state index contributed by atoms with van der Waals surface area (Å²) in [6.45, 7) is 10.8. The molecule has 1 aliphatic heterocycles. The molecule has 0 N–H and O–H groups in total. The number of aromatic nitrogens is 2. The van der Waals surface area contributed by atoms with Crippen LogP contribution in [0.25, 0.3) is 61.0 Å². The van der Waals surface area contributed by atoms with Gasteiger partial charge in [-0.05, 0) is 115 Å². The first kappa shape index (κ1) is 39.1. The number of para-hydroxylation sites is 2. The average Bonchev–Trinajstić information content (AvgIpc) is 3.92. The van der Waals surface area contributed by atoms with Crippen molar-refractivity contribution < 1.29 is 8.85 Å². The highest BCUT2D eigenvalue weighted by Gasteiger charge is 2.41. The first-order chi connectivity index (χ1) is 34.1. The molecule has 330 valence electrons. The van der Waals surface area contributed by atoms with E-state index in [1.54, 1.807) is 6.07 Å². The highest BCUT2D eigenvalue weighted by atomic mass is 16.5. The Morgan fingerprint density at radius 3 is 1.82 bits per heavy atom. The summed E-state index contributed by atoms with van der Waals surface area (Å²) >= 11 is 0. The Balaban J connectivity index is 1.12. The molecular formula is C63H54N4O+2. The molecule has 0 saturated heterocycles. The lowest BCUT2D eigenvalue weighted by Gasteiger charge is -2.20. The van der Waals surface area contributed by atoms with Crippen molar-refractivity contribution in [3.8, 4) is 50.7 Å². The van der Waals surface area contributed by atoms with E-state index in [-0.39, 0.29) is 16.4 Å². The molecule has 11 rings (SSSR count). The summed E-state index contributed by atoms with van der Waals surface area (Å²) in [7, 11) is 0. The van der Waals surface area contributed by atoms with Crippen molar-refractivity contribution in [2.75, 3.05) is 0 Å². The van der Waals surface area contributed by atoms with Crippen molar-refractivity contribution in [2.24, 2.45) is 0 Å². The molecule has 2 aromatic heterocycles. The molecular weight excluding hydrogens is 829 g/mol. The van der Waals surface area contributed by atoms with Crippen LogP contribution in [-0.4, -0.2) is 15.6 Å². The lowest BCUT2D eigenvalue weighted by Crippen LogP contribution is -2.12. The Kier molecular flexibility index (Phi) is 9.57. The van der Waals surface area contributed by atoms with Crippen molar-refractivity contribution in [3.63, 3.8) is 0 Å². The van der Waals surface area contributed by atoms with Crippen LogP contribution in [0.5, 0.6) is 11.5 Å². The Labute approximate surface area is 403 Å². The number of fused-ring (bicyclic) bond motifs is 4. The molecule has 10 aromatic rings. The third kappa shape index (κ3) is 7.71. The predicted molar refractivity (Wildman–Crippen MR) is 284 cm³/mol. The van der Waals surface area contributed by atoms with Crippen LogP contribution in [0, 0.1) is 6.85 Å². The van der Waals surface area contributed by atoms with Crippen LogP contribution in [0.3, 0.4) is 0 Å². The van der Waals surface area contributed by atoms with E-state index < -0.39 is 6.85 Å². The highest BCUT2D eigenvalue weighted by molar-refractivity contribution is 6.11. The summed E-state index contributed by atoms with van der Waals surface area (Å²) in [5, 5.41) is 2.21. The van der Waals surface area contributed by atoms with E-state index in [2.05, 4.69) is 173 Å². The van der Waals surface area contributed by atoms with Gasteiger partial charge in [0.1, 0.15) is 17.3 Å². The van der Waals surface area contributed by atoms with E-state index in [9.17, 15) is 0 Å². The minimum absolute atomic E-state index is 0.0769. The topological polar surface area (TPSA) is 33.1 Å². The molecule has 0 bridgehead atoms. The Bertz CT molecular complexity index is 3700. The van der Waals surface area contributed by atoms with Crippen LogP contribution >= 0.6 is 0 Å². The maximum absolute atomic E-state index is 8.86. The molecule has 0 amide bonds. The van der Waals surface area contributed by atoms with E-state index in [0.29, 0.717) is 22.9 Å². The number of pyridine rings is 1. The van der Waals surface area contributed by atoms with Crippen LogP contribution in [-0.2, 0) is 10.8 Å². The molecule has 0 radical (unpaired) electrons. The molecule has 0 saturated carbocycles. The van der Waals surface area contributed by atoms with Gasteiger partial charge in [0.25, 0.3) is 5.69 Å². The van der Waals surface area contributed by atoms with E-state index >= 15 is 0 Å². The monoisotopic (exact) mass is 885 g/mol. The summed E-state index contributed by atoms with van der Waals surface area (Å²) < 4.78 is 39.8. The van der Waals surface area contributed by atoms with Gasteiger partial charge in [-0.15, -0.1) is 0 Å². The number of rotatable bonds is 8. The standard InChI is InChI=1S/C63H54N4O/c1-42-19-17-28-57-60(42)66(61-52(44-22-13-9-14-23-44)26-18-27-53(61)45-24-15-10-16-25-45)41-65(57)49-36-48(63(5,6)7)37-51(39-49)68-50-30-31-54-55-35-46(43-20-11-8-12-21-43)29-32-56(55)67(58(54)40-50)59-38-47(33-34-64-59)62(2,3)4/h8-40H,1-7H3/q+2/i1D3. The average molecular weight is 886 g/mol. The quantitative estimate of drug-likeness (QED) is 0.142. The molecule has 8 aromatic carbocycles. The molecule has 0 atom stereocenters. The second-order valence-corrected chi connectivity index (χ2v) is 19.7. The van der Waals surface area contributed by atoms with Gasteiger partial charge in [0.2, 0.25) is 11.4 Å². The van der Waals surface area contributed by atoms with Crippen LogP contribution in [0.1, 0.15) is 62.3 Å². The molecule has 0 aliphatic carbocycles. The molecule has 5 heteroatoms. The number of aryl methyl sites for hydroxylation is 1. The van der Waals surface area contributed by atoms with Crippen molar-refractivity contribution in [2.45, 2.75) is 59.2 Å². The molecule has 3 heterocycles. The van der Waals surface area contributed by atoms with Gasteiger partial charge in [-0.1, -0.05) is 157 Å². The lowest BCUT2D eigenvalue weighted by molar-refractivity contribution is 0.479. The molecule has 0 fully saturated rings. The minimum Gasteiger partial charge on any atom is -0.457 e. The van der Waals surface area contributed by atoms with Crippen LogP contribution < -0.4 is 13.9 Å². The summed E-state index contributed by atoms with van der Waals surface area (Å²) in [5.41, 5.74) is 13.2. The van der Waals surface area contributed by atoms with Crippen molar-refractivity contribution in [1.82, 2.24) is 18.7 Å². The molecule has 68 heavy (non-hydrogen) atoms. The van der Waals surface area contributed by atoms with E-state index in [1.807, 2.05) is 82.1 Å². The fourth-order valence-corrected chi connectivity index (χ4v) is 9.46. The maximum Gasteiger partial charge on any atom is 0.503 e. The van der Waals surface area contributed by atoms with Gasteiger partial charge in [-0.3, -0.25) is 4.57 Å². The zero-order valence-corrected chi connectivity index (χ0v) is 39.2. The Hall–Kier alpha value is -8.11. The van der Waals surface area contributed by atoms with Gasteiger partial charge >= 0.3 is 11.7 Å². The normalized spacial score (nSPS) is 13.4. The van der Waals surface area contributed by atoms with E-state index in [4.69, 9.17) is 13.8 Å². The number of ether oxygens (including phenoxy) is 1. The fourth-order valence-electron chi connectivity index (χ4n) is 9.46. The van der Waals surface area contributed by atoms with Crippen molar-refractivity contribution in [1.29, 1.82) is 0 Å². The summed E-state index contributed by atoms with van der Waals surface area (Å²) in [6.07, 6.45) is 1.90. The zero-order chi connectivity index (χ0) is 49.2. The second kappa shape index (κ2) is 16.6. The third-order valence-corrected chi connectivity index (χ3v) is 13.0. The highest BCUT2D eigenvalue weighted by Crippen LogP contribution is 2.47. The fraction of sp³-hybridized carbons (Fsp3) is 0.143. The molecule has 0 unspecified atom stereocenters. The van der Waals surface area contributed by atoms with Gasteiger partial charge in [0.15, 0.2) is 0 Å². The van der Waals surface area contributed by atoms with Crippen LogP contribution in [0.2, 0.25) is 0 Å². The van der Waals surface area contributed by atoms with E-state index in [0.717, 1.165) is 77.9 Å². The third-order valence-electron chi connectivity index (χ3n) is 13.0. The Morgan fingerprint density at radius 1 is 0.500 bits per heavy atom. The van der Waals surface area contributed by atoms with Crippen molar-refractivity contribution in [3.05, 3.63) is 217 Å².